The van der Waals surface area contributed by atoms with Gasteiger partial charge in [-0.3, -0.25) is 0 Å². The Morgan fingerprint density at radius 2 is 1.64 bits per heavy atom. The topological polar surface area (TPSA) is 59.3 Å². The molecule has 7 heteroatoms. The molecule has 0 aromatic heterocycles. The van der Waals surface area contributed by atoms with E-state index in [0.29, 0.717) is 35.8 Å². The van der Waals surface area contributed by atoms with Crippen LogP contribution in [0.25, 0.3) is 0 Å². The largest absolute Gasteiger partial charge is 0.493 e. The fourth-order valence-corrected chi connectivity index (χ4v) is 6.98. The second-order valence-electron chi connectivity index (χ2n) is 11.4. The minimum absolute atomic E-state index is 0.321. The molecule has 2 saturated carbocycles. The zero-order chi connectivity index (χ0) is 28.0. The van der Waals surface area contributed by atoms with Gasteiger partial charge in [0.1, 0.15) is 40.6 Å². The van der Waals surface area contributed by atoms with Crippen LogP contribution < -0.4 is 9.47 Å². The molecule has 0 N–H and O–H groups in total. The molecule has 1 unspecified atom stereocenters. The van der Waals surface area contributed by atoms with Gasteiger partial charge in [-0.1, -0.05) is 46.0 Å². The van der Waals surface area contributed by atoms with Gasteiger partial charge in [0.05, 0.1) is 12.2 Å². The van der Waals surface area contributed by atoms with Gasteiger partial charge in [-0.2, -0.15) is 5.26 Å². The Morgan fingerprint density at radius 1 is 1.00 bits per heavy atom. The van der Waals surface area contributed by atoms with Gasteiger partial charge in [-0.25, -0.2) is 18.0 Å². The van der Waals surface area contributed by atoms with Crippen LogP contribution in [0.5, 0.6) is 11.5 Å². The molecule has 4 nitrogen and oxygen atoms in total. The van der Waals surface area contributed by atoms with Gasteiger partial charge < -0.3 is 9.47 Å². The van der Waals surface area contributed by atoms with E-state index in [9.17, 15) is 18.0 Å². The summed E-state index contributed by atoms with van der Waals surface area (Å²) in [6.07, 6.45) is 14.0. The van der Waals surface area contributed by atoms with Crippen LogP contribution in [0, 0.1) is 52.0 Å². The number of carbonyl (C=O) groups is 1. The lowest BCUT2D eigenvalue weighted by Crippen LogP contribution is -2.41. The molecule has 0 amide bonds. The number of carbonyl (C=O) groups excluding carboxylic acids is 1. The monoisotopic (exact) mass is 541 g/mol. The summed E-state index contributed by atoms with van der Waals surface area (Å²) in [5, 5.41) is 8.75. The number of hydrogen-bond acceptors (Lipinski definition) is 4. The molecule has 210 valence electrons. The van der Waals surface area contributed by atoms with Crippen molar-refractivity contribution in [2.75, 3.05) is 6.61 Å². The molecule has 2 aliphatic carbocycles. The third-order valence-electron chi connectivity index (χ3n) is 9.13. The minimum Gasteiger partial charge on any atom is -0.493 e. The lowest BCUT2D eigenvalue weighted by molar-refractivity contribution is -0.00390. The van der Waals surface area contributed by atoms with Crippen molar-refractivity contribution in [3.05, 3.63) is 58.9 Å². The van der Waals surface area contributed by atoms with Crippen LogP contribution in [0.15, 0.2) is 30.3 Å². The summed E-state index contributed by atoms with van der Waals surface area (Å²) in [4.78, 5) is 12.4. The normalized spacial score (nSPS) is 21.5. The molecular formula is C32H38F3NO3. The zero-order valence-corrected chi connectivity index (χ0v) is 22.9. The first-order valence-corrected chi connectivity index (χ1v) is 14.3. The predicted molar refractivity (Wildman–Crippen MR) is 143 cm³/mol. The van der Waals surface area contributed by atoms with Gasteiger partial charge in [0.25, 0.3) is 0 Å². The van der Waals surface area contributed by atoms with Crippen molar-refractivity contribution < 1.29 is 27.4 Å². The van der Waals surface area contributed by atoms with Crippen molar-refractivity contribution >= 4 is 5.97 Å². The van der Waals surface area contributed by atoms with Crippen LogP contribution in [0.3, 0.4) is 0 Å². The SMILES string of the molecule is CCCC(C)C1([C@H]2CC[C@H](COc3ccc(C(=O)Oc4cc(F)c(C#N)c(F)c4)c(F)c3)CC2)CCCCC1. The fraction of sp³-hybridized carbons (Fsp3) is 0.562. The molecule has 2 fully saturated rings. The van der Waals surface area contributed by atoms with Crippen LogP contribution in [-0.2, 0) is 0 Å². The van der Waals surface area contributed by atoms with Gasteiger partial charge in [-0.15, -0.1) is 0 Å². The van der Waals surface area contributed by atoms with Gasteiger partial charge in [0.2, 0.25) is 0 Å². The standard InChI is InChI=1S/C32H38F3NO3/c1-3-7-21(2)32(14-5-4-6-15-32)23-10-8-22(9-11-23)20-38-24-12-13-26(28(33)16-24)31(37)39-25-17-29(34)27(19-36)30(35)18-25/h12-13,16-18,21-23H,3-11,14-15,20H2,1-2H3/t21?,22-,23-. The molecule has 0 aliphatic heterocycles. The fourth-order valence-electron chi connectivity index (χ4n) is 6.98. The number of halogens is 3. The Hall–Kier alpha value is -3.01. The quantitative estimate of drug-likeness (QED) is 0.235. The molecule has 39 heavy (non-hydrogen) atoms. The molecule has 4 rings (SSSR count). The van der Waals surface area contributed by atoms with Gasteiger partial charge in [-0.05, 0) is 73.8 Å². The lowest BCUT2D eigenvalue weighted by Gasteiger charge is -2.50. The molecule has 0 bridgehead atoms. The van der Waals surface area contributed by atoms with E-state index < -0.39 is 34.7 Å². The Balaban J connectivity index is 1.31. The first-order chi connectivity index (χ1) is 18.8. The maximum absolute atomic E-state index is 14.7. The molecule has 0 saturated heterocycles. The van der Waals surface area contributed by atoms with Crippen LogP contribution >= 0.6 is 0 Å². The Kier molecular flexibility index (Phi) is 9.58. The van der Waals surface area contributed by atoms with Crippen LogP contribution in [0.4, 0.5) is 13.2 Å². The predicted octanol–water partition coefficient (Wildman–Crippen LogP) is 8.77. The molecule has 2 aromatic carbocycles. The lowest BCUT2D eigenvalue weighted by atomic mass is 9.55. The first kappa shape index (κ1) is 29.0. The van der Waals surface area contributed by atoms with E-state index in [1.54, 1.807) is 0 Å². The number of rotatable bonds is 9. The van der Waals surface area contributed by atoms with E-state index >= 15 is 0 Å². The highest BCUT2D eigenvalue weighted by Crippen LogP contribution is 2.54. The van der Waals surface area contributed by atoms with E-state index in [1.807, 2.05) is 0 Å². The molecule has 2 aliphatic rings. The summed E-state index contributed by atoms with van der Waals surface area (Å²) in [7, 11) is 0. The highest BCUT2D eigenvalue weighted by Gasteiger charge is 2.44. The molecular weight excluding hydrogens is 503 g/mol. The van der Waals surface area contributed by atoms with E-state index in [1.165, 1.54) is 76.0 Å². The van der Waals surface area contributed by atoms with Gasteiger partial charge >= 0.3 is 5.97 Å². The highest BCUT2D eigenvalue weighted by molar-refractivity contribution is 5.91. The third kappa shape index (κ3) is 6.59. The maximum Gasteiger partial charge on any atom is 0.346 e. The third-order valence-corrected chi connectivity index (χ3v) is 9.13. The van der Waals surface area contributed by atoms with E-state index in [0.717, 1.165) is 30.7 Å². The van der Waals surface area contributed by atoms with E-state index in [2.05, 4.69) is 13.8 Å². The minimum atomic E-state index is -1.16. The number of esters is 1. The van der Waals surface area contributed by atoms with Gasteiger partial charge in [0, 0.05) is 18.2 Å². The molecule has 1 atom stereocenters. The second kappa shape index (κ2) is 12.9. The highest BCUT2D eigenvalue weighted by atomic mass is 19.1. The number of nitrogens with zero attached hydrogens (tertiary/aromatic N) is 1. The van der Waals surface area contributed by atoms with Crippen LogP contribution in [-0.4, -0.2) is 12.6 Å². The zero-order valence-electron chi connectivity index (χ0n) is 22.9. The Morgan fingerprint density at radius 3 is 2.23 bits per heavy atom. The van der Waals surface area contributed by atoms with Crippen molar-refractivity contribution in [2.45, 2.75) is 84.5 Å². The van der Waals surface area contributed by atoms with Crippen molar-refractivity contribution in [1.29, 1.82) is 5.26 Å². The summed E-state index contributed by atoms with van der Waals surface area (Å²) < 4.78 is 53.1. The van der Waals surface area contributed by atoms with Crippen LogP contribution in [0.1, 0.15) is 100 Å². The summed E-state index contributed by atoms with van der Waals surface area (Å²) in [6.45, 7) is 5.26. The van der Waals surface area contributed by atoms with Crippen molar-refractivity contribution in [1.82, 2.24) is 0 Å². The Bertz CT molecular complexity index is 1170. The summed E-state index contributed by atoms with van der Waals surface area (Å²) in [6, 6.07) is 6.68. The van der Waals surface area contributed by atoms with E-state index in [-0.39, 0.29) is 5.56 Å². The number of hydrogen-bond donors (Lipinski definition) is 0. The summed E-state index contributed by atoms with van der Waals surface area (Å²) in [5.74, 6) is -2.46. The van der Waals surface area contributed by atoms with E-state index in [4.69, 9.17) is 14.7 Å². The molecule has 0 heterocycles. The number of nitriles is 1. The molecule has 0 radical (unpaired) electrons. The van der Waals surface area contributed by atoms with Crippen LogP contribution in [0.2, 0.25) is 0 Å². The summed E-state index contributed by atoms with van der Waals surface area (Å²) >= 11 is 0. The van der Waals surface area contributed by atoms with Crippen molar-refractivity contribution in [3.63, 3.8) is 0 Å². The van der Waals surface area contributed by atoms with Crippen molar-refractivity contribution in [3.8, 4) is 17.6 Å². The average molecular weight is 542 g/mol. The average Bonchev–Trinajstić information content (AvgIpc) is 2.92. The first-order valence-electron chi connectivity index (χ1n) is 14.3. The number of ether oxygens (including phenoxy) is 2. The van der Waals surface area contributed by atoms with Gasteiger partial charge in [0.15, 0.2) is 0 Å². The second-order valence-corrected chi connectivity index (χ2v) is 11.4. The maximum atomic E-state index is 14.7. The Labute approximate surface area is 229 Å². The molecule has 0 spiro atoms. The summed E-state index contributed by atoms with van der Waals surface area (Å²) in [5.41, 5.74) is -0.675. The number of benzene rings is 2. The smallest absolute Gasteiger partial charge is 0.346 e. The molecule has 2 aromatic rings. The van der Waals surface area contributed by atoms with Crippen molar-refractivity contribution in [2.24, 2.45) is 23.2 Å².